The molecule has 0 atom stereocenters. The van der Waals surface area contributed by atoms with E-state index in [0.717, 1.165) is 28.5 Å². The number of anilines is 2. The molecule has 0 aliphatic carbocycles. The van der Waals surface area contributed by atoms with Gasteiger partial charge in [0.05, 0.1) is 29.6 Å². The lowest BCUT2D eigenvalue weighted by Gasteiger charge is -2.20. The van der Waals surface area contributed by atoms with Gasteiger partial charge in [0, 0.05) is 18.7 Å². The molecule has 8 nitrogen and oxygen atoms in total. The number of carbonyl (C=O) groups is 2. The van der Waals surface area contributed by atoms with Crippen LogP contribution in [0.3, 0.4) is 0 Å². The summed E-state index contributed by atoms with van der Waals surface area (Å²) in [4.78, 5) is 27.5. The van der Waals surface area contributed by atoms with E-state index in [0.29, 0.717) is 47.2 Å². The predicted octanol–water partition coefficient (Wildman–Crippen LogP) is 5.41. The molecule has 4 aromatic rings. The summed E-state index contributed by atoms with van der Waals surface area (Å²) in [7, 11) is 1.56. The molecule has 1 aliphatic rings. The van der Waals surface area contributed by atoms with E-state index in [1.165, 1.54) is 0 Å². The summed E-state index contributed by atoms with van der Waals surface area (Å²) in [6.07, 6.45) is 1.30. The highest BCUT2D eigenvalue weighted by molar-refractivity contribution is 6.09. The summed E-state index contributed by atoms with van der Waals surface area (Å²) in [5.41, 5.74) is 3.20. The van der Waals surface area contributed by atoms with E-state index in [9.17, 15) is 9.59 Å². The Balaban J connectivity index is 1.46. The second-order valence-corrected chi connectivity index (χ2v) is 8.78. The summed E-state index contributed by atoms with van der Waals surface area (Å²) in [6.45, 7) is 4.54. The van der Waals surface area contributed by atoms with Crippen LogP contribution in [0.2, 0.25) is 0 Å². The molecular weight excluding hydrogens is 458 g/mol. The first-order chi connectivity index (χ1) is 17.4. The molecule has 184 valence electrons. The third-order valence-electron chi connectivity index (χ3n) is 6.45. The highest BCUT2D eigenvalue weighted by Crippen LogP contribution is 2.35. The monoisotopic (exact) mass is 485 g/mol. The van der Waals surface area contributed by atoms with Gasteiger partial charge in [-0.05, 0) is 61.4 Å². The smallest absolute Gasteiger partial charge is 0.259 e. The maximum atomic E-state index is 13.5. The number of carbonyl (C=O) groups excluding carboxylic acids is 2. The van der Waals surface area contributed by atoms with Crippen LogP contribution >= 0.6 is 0 Å². The molecule has 0 bridgehead atoms. The van der Waals surface area contributed by atoms with Crippen molar-refractivity contribution < 1.29 is 23.6 Å². The van der Waals surface area contributed by atoms with E-state index < -0.39 is 0 Å². The van der Waals surface area contributed by atoms with Crippen LogP contribution in [-0.4, -0.2) is 30.6 Å². The molecule has 0 unspecified atom stereocenters. The van der Waals surface area contributed by atoms with Crippen molar-refractivity contribution in [1.82, 2.24) is 5.16 Å². The Morgan fingerprint density at radius 2 is 1.86 bits per heavy atom. The van der Waals surface area contributed by atoms with Crippen molar-refractivity contribution >= 4 is 34.0 Å². The van der Waals surface area contributed by atoms with Crippen molar-refractivity contribution in [3.05, 3.63) is 77.2 Å². The average Bonchev–Trinajstić information content (AvgIpc) is 3.46. The van der Waals surface area contributed by atoms with Crippen LogP contribution in [0, 0.1) is 13.8 Å². The Labute approximate surface area is 208 Å². The zero-order valence-corrected chi connectivity index (χ0v) is 20.5. The van der Waals surface area contributed by atoms with Gasteiger partial charge in [0.2, 0.25) is 5.91 Å². The van der Waals surface area contributed by atoms with E-state index >= 15 is 0 Å². The maximum absolute atomic E-state index is 13.5. The zero-order chi connectivity index (χ0) is 25.2. The number of aromatic nitrogens is 1. The number of ether oxygens (including phenoxy) is 2. The lowest BCUT2D eigenvalue weighted by molar-refractivity contribution is -0.117. The second-order valence-electron chi connectivity index (χ2n) is 8.78. The Bertz CT molecular complexity index is 1440. The van der Waals surface area contributed by atoms with Crippen molar-refractivity contribution in [3.63, 3.8) is 0 Å². The molecule has 3 aromatic carbocycles. The number of amides is 2. The van der Waals surface area contributed by atoms with Gasteiger partial charge in [0.15, 0.2) is 0 Å². The summed E-state index contributed by atoms with van der Waals surface area (Å²) in [5.74, 6) is 1.44. The molecule has 1 aliphatic heterocycles. The summed E-state index contributed by atoms with van der Waals surface area (Å²) >= 11 is 0. The van der Waals surface area contributed by atoms with E-state index in [1.54, 1.807) is 30.2 Å². The Hall–Kier alpha value is -4.33. The zero-order valence-electron chi connectivity index (χ0n) is 20.5. The van der Waals surface area contributed by atoms with Gasteiger partial charge in [-0.15, -0.1) is 0 Å². The number of methoxy groups -OCH3 is 1. The lowest BCUT2D eigenvalue weighted by Crippen LogP contribution is -2.24. The van der Waals surface area contributed by atoms with E-state index in [4.69, 9.17) is 14.0 Å². The van der Waals surface area contributed by atoms with Gasteiger partial charge in [-0.25, -0.2) is 0 Å². The summed E-state index contributed by atoms with van der Waals surface area (Å²) in [6, 6.07) is 16.8. The van der Waals surface area contributed by atoms with Crippen LogP contribution < -0.4 is 19.7 Å². The van der Waals surface area contributed by atoms with E-state index in [1.807, 2.05) is 50.2 Å². The molecule has 1 fully saturated rings. The fraction of sp³-hybridized carbons (Fsp3) is 0.250. The molecule has 5 rings (SSSR count). The standard InChI is InChI=1S/C28H27N3O5/c1-17-23(18(2)36-30-17)16-35-26-14-20-8-5-4-7-19(20)13-22(26)28(33)29-21-10-11-25(34-3)24(15-21)31-12-6-9-27(31)32/h4-5,7-8,10-11,13-15H,6,9,12,16H2,1-3H3,(H,29,33). The number of nitrogens with zero attached hydrogens (tertiary/aromatic N) is 2. The van der Waals surface area contributed by atoms with Gasteiger partial charge in [-0.2, -0.15) is 0 Å². The number of benzene rings is 3. The Kier molecular flexibility index (Phi) is 6.33. The van der Waals surface area contributed by atoms with Gasteiger partial charge >= 0.3 is 0 Å². The third kappa shape index (κ3) is 4.49. The van der Waals surface area contributed by atoms with Gasteiger partial charge in [-0.3, -0.25) is 9.59 Å². The van der Waals surface area contributed by atoms with Crippen molar-refractivity contribution in [2.24, 2.45) is 0 Å². The normalized spacial score (nSPS) is 13.3. The molecule has 8 heteroatoms. The molecule has 1 N–H and O–H groups in total. The summed E-state index contributed by atoms with van der Waals surface area (Å²) in [5, 5.41) is 8.83. The maximum Gasteiger partial charge on any atom is 0.259 e. The lowest BCUT2D eigenvalue weighted by atomic mass is 10.0. The SMILES string of the molecule is COc1ccc(NC(=O)c2cc3ccccc3cc2OCc2c(C)noc2C)cc1N1CCCC1=O. The van der Waals surface area contributed by atoms with Gasteiger partial charge < -0.3 is 24.2 Å². The van der Waals surface area contributed by atoms with Crippen molar-refractivity contribution in [1.29, 1.82) is 0 Å². The van der Waals surface area contributed by atoms with Gasteiger partial charge in [-0.1, -0.05) is 29.4 Å². The number of fused-ring (bicyclic) bond motifs is 1. The minimum Gasteiger partial charge on any atom is -0.495 e. The van der Waals surface area contributed by atoms with Gasteiger partial charge in [0.25, 0.3) is 5.91 Å². The van der Waals surface area contributed by atoms with Crippen LogP contribution in [0.1, 0.15) is 40.2 Å². The second kappa shape index (κ2) is 9.73. The van der Waals surface area contributed by atoms with Crippen LogP contribution in [0.15, 0.2) is 59.1 Å². The molecule has 0 spiro atoms. The quantitative estimate of drug-likeness (QED) is 0.376. The molecular formula is C28H27N3O5. The number of hydrogen-bond acceptors (Lipinski definition) is 6. The first kappa shape index (κ1) is 23.4. The molecule has 0 radical (unpaired) electrons. The van der Waals surface area contributed by atoms with Gasteiger partial charge in [0.1, 0.15) is 23.9 Å². The first-order valence-electron chi connectivity index (χ1n) is 11.8. The van der Waals surface area contributed by atoms with Crippen LogP contribution in [0.5, 0.6) is 11.5 Å². The Morgan fingerprint density at radius 1 is 1.08 bits per heavy atom. The topological polar surface area (TPSA) is 93.9 Å². The van der Waals surface area contributed by atoms with Crippen molar-refractivity contribution in [2.45, 2.75) is 33.3 Å². The first-order valence-corrected chi connectivity index (χ1v) is 11.8. The van der Waals surface area contributed by atoms with E-state index in [2.05, 4.69) is 10.5 Å². The molecule has 36 heavy (non-hydrogen) atoms. The molecule has 2 heterocycles. The number of hydrogen-bond donors (Lipinski definition) is 1. The minimum absolute atomic E-state index is 0.0429. The fourth-order valence-electron chi connectivity index (χ4n) is 4.45. The van der Waals surface area contributed by atoms with Crippen LogP contribution in [0.4, 0.5) is 11.4 Å². The predicted molar refractivity (Wildman–Crippen MR) is 137 cm³/mol. The average molecular weight is 486 g/mol. The largest absolute Gasteiger partial charge is 0.495 e. The number of aryl methyl sites for hydroxylation is 2. The third-order valence-corrected chi connectivity index (χ3v) is 6.45. The number of rotatable bonds is 7. The minimum atomic E-state index is -0.321. The summed E-state index contributed by atoms with van der Waals surface area (Å²) < 4.78 is 16.8. The Morgan fingerprint density at radius 3 is 2.53 bits per heavy atom. The molecule has 2 amide bonds. The highest BCUT2D eigenvalue weighted by Gasteiger charge is 2.25. The van der Waals surface area contributed by atoms with Crippen molar-refractivity contribution in [3.8, 4) is 11.5 Å². The van der Waals surface area contributed by atoms with E-state index in [-0.39, 0.29) is 18.4 Å². The van der Waals surface area contributed by atoms with Crippen LogP contribution in [-0.2, 0) is 11.4 Å². The number of nitrogens with one attached hydrogen (secondary N) is 1. The molecule has 1 aromatic heterocycles. The van der Waals surface area contributed by atoms with Crippen LogP contribution in [0.25, 0.3) is 10.8 Å². The van der Waals surface area contributed by atoms with Crippen molar-refractivity contribution in [2.75, 3.05) is 23.9 Å². The molecule has 0 saturated carbocycles. The highest BCUT2D eigenvalue weighted by atomic mass is 16.5. The fourth-order valence-corrected chi connectivity index (χ4v) is 4.45. The molecule has 1 saturated heterocycles.